The third-order valence-corrected chi connectivity index (χ3v) is 5.97. The van der Waals surface area contributed by atoms with Gasteiger partial charge in [-0.15, -0.1) is 21.5 Å². The fraction of sp³-hybridized carbons (Fsp3) is 0.368. The van der Waals surface area contributed by atoms with Gasteiger partial charge in [0.05, 0.1) is 5.75 Å². The molecule has 0 saturated heterocycles. The van der Waals surface area contributed by atoms with Crippen LogP contribution in [0.15, 0.2) is 34.0 Å². The third-order valence-electron chi connectivity index (χ3n) is 4.32. The van der Waals surface area contributed by atoms with Gasteiger partial charge in [0.15, 0.2) is 11.7 Å². The zero-order valence-electron chi connectivity index (χ0n) is 15.4. The number of thioether (sulfide) groups is 1. The first kappa shape index (κ1) is 18.9. The van der Waals surface area contributed by atoms with E-state index in [9.17, 15) is 4.79 Å². The molecule has 0 saturated carbocycles. The summed E-state index contributed by atoms with van der Waals surface area (Å²) >= 11 is 2.62. The molecule has 4 rings (SSSR count). The van der Waals surface area contributed by atoms with Gasteiger partial charge in [-0.25, -0.2) is 4.98 Å². The molecule has 0 radical (unpaired) electrons. The van der Waals surface area contributed by atoms with Crippen molar-refractivity contribution in [1.82, 2.24) is 15.2 Å². The van der Waals surface area contributed by atoms with E-state index in [0.29, 0.717) is 16.2 Å². The molecule has 0 atom stereocenters. The van der Waals surface area contributed by atoms with Crippen LogP contribution < -0.4 is 10.1 Å². The summed E-state index contributed by atoms with van der Waals surface area (Å²) in [5, 5.41) is 11.6. The maximum absolute atomic E-state index is 12.0. The Morgan fingerprint density at radius 1 is 1.29 bits per heavy atom. The van der Waals surface area contributed by atoms with E-state index in [0.717, 1.165) is 23.5 Å². The lowest BCUT2D eigenvalue weighted by Gasteiger charge is -2.16. The highest BCUT2D eigenvalue weighted by atomic mass is 32.2. The average Bonchev–Trinajstić information content (AvgIpc) is 3.33. The molecule has 28 heavy (non-hydrogen) atoms. The molecule has 2 aromatic heterocycles. The Hall–Kier alpha value is -2.39. The van der Waals surface area contributed by atoms with Gasteiger partial charge in [0.25, 0.3) is 11.1 Å². The zero-order valence-corrected chi connectivity index (χ0v) is 17.1. The summed E-state index contributed by atoms with van der Waals surface area (Å²) in [6, 6.07) is 6.23. The number of nitrogens with one attached hydrogen (secondary N) is 1. The number of anilines is 1. The van der Waals surface area contributed by atoms with Crippen LogP contribution in [-0.2, 0) is 24.2 Å². The molecule has 0 spiro atoms. The molecule has 2 heterocycles. The number of hydrogen-bond donors (Lipinski definition) is 1. The van der Waals surface area contributed by atoms with Gasteiger partial charge in [0.1, 0.15) is 5.75 Å². The van der Waals surface area contributed by atoms with E-state index in [2.05, 4.69) is 32.6 Å². The summed E-state index contributed by atoms with van der Waals surface area (Å²) in [6.45, 7) is 2.14. The van der Waals surface area contributed by atoms with E-state index in [1.54, 1.807) is 6.20 Å². The van der Waals surface area contributed by atoms with Gasteiger partial charge in [0.2, 0.25) is 5.91 Å². The second-order valence-electron chi connectivity index (χ2n) is 6.50. The Balaban J connectivity index is 1.25. The number of carbonyl (C=O) groups is 1. The van der Waals surface area contributed by atoms with Crippen molar-refractivity contribution in [2.24, 2.45) is 0 Å². The lowest BCUT2D eigenvalue weighted by Crippen LogP contribution is -2.13. The zero-order chi connectivity index (χ0) is 19.3. The number of nitrogens with zero attached hydrogens (tertiary/aromatic N) is 3. The van der Waals surface area contributed by atoms with Crippen LogP contribution in [0.2, 0.25) is 0 Å². The number of thiazole rings is 1. The summed E-state index contributed by atoms with van der Waals surface area (Å²) in [5.74, 6) is 1.21. The number of aromatic nitrogens is 3. The number of amides is 1. The second-order valence-corrected chi connectivity index (χ2v) is 8.66. The first-order valence-corrected chi connectivity index (χ1v) is 10.9. The Kier molecular flexibility index (Phi) is 5.92. The van der Waals surface area contributed by atoms with Crippen LogP contribution in [-0.4, -0.2) is 26.8 Å². The largest absolute Gasteiger partial charge is 0.484 e. The quantitative estimate of drug-likeness (QED) is 0.582. The maximum Gasteiger partial charge on any atom is 0.277 e. The fourth-order valence-corrected chi connectivity index (χ4v) is 4.26. The minimum Gasteiger partial charge on any atom is -0.484 e. The molecule has 3 aromatic rings. The number of aryl methyl sites for hydroxylation is 3. The topological polar surface area (TPSA) is 90.1 Å². The highest BCUT2D eigenvalue weighted by Crippen LogP contribution is 2.26. The normalized spacial score (nSPS) is 13.2. The molecule has 0 fully saturated rings. The van der Waals surface area contributed by atoms with Crippen molar-refractivity contribution < 1.29 is 13.9 Å². The molecule has 0 aliphatic heterocycles. The first-order chi connectivity index (χ1) is 13.7. The Labute approximate surface area is 170 Å². The molecular formula is C19H20N4O3S2. The molecule has 1 aliphatic rings. The Bertz CT molecular complexity index is 970. The molecule has 0 unspecified atom stereocenters. The lowest BCUT2D eigenvalue weighted by atomic mass is 9.92. The van der Waals surface area contributed by atoms with Crippen molar-refractivity contribution in [3.63, 3.8) is 0 Å². The Morgan fingerprint density at radius 2 is 2.14 bits per heavy atom. The number of ether oxygens (including phenoxy) is 1. The van der Waals surface area contributed by atoms with E-state index in [1.807, 2.05) is 13.0 Å². The van der Waals surface area contributed by atoms with Gasteiger partial charge < -0.3 is 14.5 Å². The molecule has 146 valence electrons. The monoisotopic (exact) mass is 416 g/mol. The van der Waals surface area contributed by atoms with Gasteiger partial charge >= 0.3 is 0 Å². The highest BCUT2D eigenvalue weighted by molar-refractivity contribution is 7.99. The predicted octanol–water partition coefficient (Wildman–Crippen LogP) is 4.02. The minimum atomic E-state index is -0.163. The number of carbonyl (C=O) groups excluding carboxylic acids is 1. The van der Waals surface area contributed by atoms with Crippen molar-refractivity contribution in [3.8, 4) is 5.75 Å². The van der Waals surface area contributed by atoms with Crippen LogP contribution in [0.25, 0.3) is 0 Å². The van der Waals surface area contributed by atoms with Crippen LogP contribution in [0, 0.1) is 6.92 Å². The SMILES string of the molecule is Cc1cnc(NC(=O)CSc2nnc(COc3ccc4c(c3)CCCC4)o2)s1. The highest BCUT2D eigenvalue weighted by Gasteiger charge is 2.13. The number of hydrogen-bond acceptors (Lipinski definition) is 8. The maximum atomic E-state index is 12.0. The summed E-state index contributed by atoms with van der Waals surface area (Å²) in [5.41, 5.74) is 2.79. The second kappa shape index (κ2) is 8.74. The molecule has 0 bridgehead atoms. The van der Waals surface area contributed by atoms with Crippen molar-refractivity contribution in [3.05, 3.63) is 46.3 Å². The predicted molar refractivity (Wildman–Crippen MR) is 108 cm³/mol. The molecule has 1 aromatic carbocycles. The van der Waals surface area contributed by atoms with Gasteiger partial charge in [0, 0.05) is 11.1 Å². The van der Waals surface area contributed by atoms with Crippen molar-refractivity contribution in [2.75, 3.05) is 11.1 Å². The molecule has 1 aliphatic carbocycles. The van der Waals surface area contributed by atoms with Crippen LogP contribution in [0.1, 0.15) is 34.7 Å². The van der Waals surface area contributed by atoms with Gasteiger partial charge in [-0.2, -0.15) is 0 Å². The minimum absolute atomic E-state index is 0.163. The smallest absolute Gasteiger partial charge is 0.277 e. The van der Waals surface area contributed by atoms with E-state index < -0.39 is 0 Å². The van der Waals surface area contributed by atoms with Crippen LogP contribution in [0.4, 0.5) is 5.13 Å². The van der Waals surface area contributed by atoms with E-state index in [-0.39, 0.29) is 18.3 Å². The lowest BCUT2D eigenvalue weighted by molar-refractivity contribution is -0.113. The molecule has 1 N–H and O–H groups in total. The third kappa shape index (κ3) is 4.90. The molecule has 9 heteroatoms. The average molecular weight is 417 g/mol. The van der Waals surface area contributed by atoms with Crippen LogP contribution in [0.5, 0.6) is 5.75 Å². The van der Waals surface area contributed by atoms with Gasteiger partial charge in [-0.05, 0) is 55.9 Å². The fourth-order valence-electron chi connectivity index (χ4n) is 2.99. The van der Waals surface area contributed by atoms with Crippen LogP contribution >= 0.6 is 23.1 Å². The van der Waals surface area contributed by atoms with Crippen molar-refractivity contribution >= 4 is 34.1 Å². The standard InChI is InChI=1S/C19H20N4O3S2/c1-12-9-20-18(28-12)21-16(24)11-27-19-23-22-17(26-19)10-25-15-7-6-13-4-2-3-5-14(13)8-15/h6-9H,2-5,10-11H2,1H3,(H,20,21,24). The summed E-state index contributed by atoms with van der Waals surface area (Å²) < 4.78 is 11.3. The van der Waals surface area contributed by atoms with E-state index >= 15 is 0 Å². The molecular weight excluding hydrogens is 396 g/mol. The molecule has 7 nitrogen and oxygen atoms in total. The van der Waals surface area contributed by atoms with E-state index in [1.165, 1.54) is 47.1 Å². The van der Waals surface area contributed by atoms with Crippen molar-refractivity contribution in [2.45, 2.75) is 44.4 Å². The van der Waals surface area contributed by atoms with E-state index in [4.69, 9.17) is 9.15 Å². The molecule has 1 amide bonds. The number of rotatable bonds is 7. The number of fused-ring (bicyclic) bond motifs is 1. The summed E-state index contributed by atoms with van der Waals surface area (Å²) in [7, 11) is 0. The van der Waals surface area contributed by atoms with Gasteiger partial charge in [-0.3, -0.25) is 4.79 Å². The Morgan fingerprint density at radius 3 is 2.96 bits per heavy atom. The first-order valence-electron chi connectivity index (χ1n) is 9.08. The number of benzene rings is 1. The van der Waals surface area contributed by atoms with Gasteiger partial charge in [-0.1, -0.05) is 17.8 Å². The summed E-state index contributed by atoms with van der Waals surface area (Å²) in [4.78, 5) is 17.1. The van der Waals surface area contributed by atoms with Crippen molar-refractivity contribution in [1.29, 1.82) is 0 Å². The van der Waals surface area contributed by atoms with Crippen LogP contribution in [0.3, 0.4) is 0 Å². The summed E-state index contributed by atoms with van der Waals surface area (Å²) in [6.07, 6.45) is 6.47.